The van der Waals surface area contributed by atoms with Crippen molar-refractivity contribution in [2.75, 3.05) is 0 Å². The minimum Gasteiger partial charge on any atom is -0.386 e. The van der Waals surface area contributed by atoms with Gasteiger partial charge < -0.3 is 15.5 Å². The number of amides is 1. The van der Waals surface area contributed by atoms with E-state index in [1.807, 2.05) is 38.2 Å². The summed E-state index contributed by atoms with van der Waals surface area (Å²) in [6, 6.07) is 0.0292. The minimum absolute atomic E-state index is 0.0292. The highest BCUT2D eigenvalue weighted by Gasteiger charge is 2.09. The van der Waals surface area contributed by atoms with Gasteiger partial charge >= 0.3 is 0 Å². The molecule has 1 heterocycles. The van der Waals surface area contributed by atoms with Gasteiger partial charge in [0.05, 0.1) is 0 Å². The first kappa shape index (κ1) is 26.3. The van der Waals surface area contributed by atoms with Crippen LogP contribution in [0.15, 0.2) is 96.2 Å². The zero-order valence-electron chi connectivity index (χ0n) is 18.9. The van der Waals surface area contributed by atoms with Crippen molar-refractivity contribution in [2.24, 2.45) is 0 Å². The van der Waals surface area contributed by atoms with E-state index >= 15 is 0 Å². The Morgan fingerprint density at radius 3 is 2.45 bits per heavy atom. The van der Waals surface area contributed by atoms with Crippen molar-refractivity contribution in [3.05, 3.63) is 96.2 Å². The van der Waals surface area contributed by atoms with E-state index in [1.54, 1.807) is 36.5 Å². The number of aliphatic hydroxyl groups is 2. The summed E-state index contributed by atoms with van der Waals surface area (Å²) in [7, 11) is 0. The Kier molecular flexibility index (Phi) is 13.6. The first-order chi connectivity index (χ1) is 14.9. The van der Waals surface area contributed by atoms with Crippen LogP contribution < -0.4 is 5.32 Å². The van der Waals surface area contributed by atoms with Crippen molar-refractivity contribution in [3.8, 4) is 0 Å². The van der Waals surface area contributed by atoms with Gasteiger partial charge in [-0.05, 0) is 33.1 Å². The van der Waals surface area contributed by atoms with Crippen LogP contribution in [0.25, 0.3) is 0 Å². The third-order valence-electron chi connectivity index (χ3n) is 4.58. The van der Waals surface area contributed by atoms with Crippen LogP contribution in [0.2, 0.25) is 0 Å². The van der Waals surface area contributed by atoms with Gasteiger partial charge in [0.15, 0.2) is 0 Å². The molecule has 1 aliphatic heterocycles. The smallest absolute Gasteiger partial charge is 0.244 e. The van der Waals surface area contributed by atoms with E-state index in [1.165, 1.54) is 6.08 Å². The van der Waals surface area contributed by atoms with Crippen LogP contribution in [-0.2, 0) is 4.79 Å². The molecule has 4 heteroatoms. The third kappa shape index (κ3) is 13.3. The van der Waals surface area contributed by atoms with E-state index < -0.39 is 12.2 Å². The topological polar surface area (TPSA) is 69.6 Å². The fourth-order valence-corrected chi connectivity index (χ4v) is 2.80. The maximum atomic E-state index is 12.3. The van der Waals surface area contributed by atoms with E-state index in [0.29, 0.717) is 0 Å². The van der Waals surface area contributed by atoms with Crippen molar-refractivity contribution in [1.29, 1.82) is 0 Å². The number of unbranched alkanes of at least 4 members (excludes halogenated alkanes) is 1. The van der Waals surface area contributed by atoms with Crippen LogP contribution in [0.4, 0.5) is 0 Å². The second-order valence-corrected chi connectivity index (χ2v) is 7.63. The summed E-state index contributed by atoms with van der Waals surface area (Å²) in [5, 5.41) is 23.2. The molecule has 0 fully saturated rings. The maximum Gasteiger partial charge on any atom is 0.244 e. The highest BCUT2D eigenvalue weighted by atomic mass is 16.3. The van der Waals surface area contributed by atoms with Crippen LogP contribution in [0.5, 0.6) is 0 Å². The molecular formula is C27H37NO3. The van der Waals surface area contributed by atoms with Gasteiger partial charge in [0.1, 0.15) is 12.2 Å². The Labute approximate surface area is 187 Å². The van der Waals surface area contributed by atoms with Gasteiger partial charge in [-0.2, -0.15) is 0 Å². The van der Waals surface area contributed by atoms with Crippen molar-refractivity contribution in [1.82, 2.24) is 5.32 Å². The molecule has 168 valence electrons. The normalized spacial score (nSPS) is 32.7. The highest BCUT2D eigenvalue weighted by Crippen LogP contribution is 2.06. The van der Waals surface area contributed by atoms with Gasteiger partial charge in [-0.15, -0.1) is 0 Å². The first-order valence-electron chi connectivity index (χ1n) is 11.0. The summed E-state index contributed by atoms with van der Waals surface area (Å²) >= 11 is 0. The van der Waals surface area contributed by atoms with Gasteiger partial charge in [0, 0.05) is 12.1 Å². The van der Waals surface area contributed by atoms with Crippen molar-refractivity contribution < 1.29 is 15.0 Å². The molecule has 3 unspecified atom stereocenters. The van der Waals surface area contributed by atoms with Crippen LogP contribution in [0.3, 0.4) is 0 Å². The van der Waals surface area contributed by atoms with E-state index in [9.17, 15) is 15.0 Å². The Hall–Kier alpha value is -2.69. The quantitative estimate of drug-likeness (QED) is 0.556. The highest BCUT2D eigenvalue weighted by molar-refractivity contribution is 5.88. The first-order valence-corrected chi connectivity index (χ1v) is 11.0. The summed E-state index contributed by atoms with van der Waals surface area (Å²) < 4.78 is 0. The number of rotatable bonds is 4. The molecule has 1 aliphatic rings. The fourth-order valence-electron chi connectivity index (χ4n) is 2.80. The number of nitrogens with one attached hydrogen (secondary N) is 1. The fraction of sp³-hybridized carbons (Fsp3) is 0.370. The third-order valence-corrected chi connectivity index (χ3v) is 4.58. The number of aliphatic hydroxyl groups excluding tert-OH is 2. The molecule has 0 bridgehead atoms. The van der Waals surface area contributed by atoms with Crippen molar-refractivity contribution in [3.63, 3.8) is 0 Å². The monoisotopic (exact) mass is 423 g/mol. The number of carbonyl (C=O) groups is 1. The molecule has 3 atom stereocenters. The summed E-state index contributed by atoms with van der Waals surface area (Å²) in [4.78, 5) is 12.3. The zero-order chi connectivity index (χ0) is 22.9. The van der Waals surface area contributed by atoms with Crippen LogP contribution in [0.1, 0.15) is 46.5 Å². The van der Waals surface area contributed by atoms with E-state index in [-0.39, 0.29) is 11.9 Å². The summed E-state index contributed by atoms with van der Waals surface area (Å²) in [6.07, 6.45) is 27.3. The molecule has 4 nitrogen and oxygen atoms in total. The molecule has 0 aromatic rings. The second-order valence-electron chi connectivity index (χ2n) is 7.63. The van der Waals surface area contributed by atoms with Crippen molar-refractivity contribution in [2.45, 2.75) is 64.7 Å². The van der Waals surface area contributed by atoms with E-state index in [2.05, 4.69) is 30.5 Å². The average Bonchev–Trinajstić information content (AvgIpc) is 2.73. The SMILES string of the molecule is CCC/C=C/CC1C\C=C/C=C(C)\C=C/C=C\C(O)C(O)\C=C(C)/C=C\C=C/C(=O)N1. The lowest BCUT2D eigenvalue weighted by atomic mass is 10.1. The minimum atomic E-state index is -1.01. The predicted molar refractivity (Wildman–Crippen MR) is 130 cm³/mol. The average molecular weight is 424 g/mol. The van der Waals surface area contributed by atoms with E-state index in [0.717, 1.165) is 36.8 Å². The number of hydrogen-bond acceptors (Lipinski definition) is 3. The Morgan fingerprint density at radius 1 is 0.968 bits per heavy atom. The van der Waals surface area contributed by atoms with Crippen LogP contribution in [0, 0.1) is 0 Å². The lowest BCUT2D eigenvalue weighted by molar-refractivity contribution is -0.117. The largest absolute Gasteiger partial charge is 0.386 e. The van der Waals surface area contributed by atoms with Gasteiger partial charge in [0.25, 0.3) is 0 Å². The van der Waals surface area contributed by atoms with Gasteiger partial charge in [-0.25, -0.2) is 0 Å². The molecule has 3 N–H and O–H groups in total. The van der Waals surface area contributed by atoms with Crippen LogP contribution in [-0.4, -0.2) is 34.4 Å². The molecule has 0 radical (unpaired) electrons. The van der Waals surface area contributed by atoms with Crippen LogP contribution >= 0.6 is 0 Å². The maximum absolute atomic E-state index is 12.3. The van der Waals surface area contributed by atoms with Gasteiger partial charge in [-0.1, -0.05) is 103 Å². The molecule has 0 aliphatic carbocycles. The van der Waals surface area contributed by atoms with E-state index in [4.69, 9.17) is 0 Å². The van der Waals surface area contributed by atoms with Gasteiger partial charge in [0.2, 0.25) is 5.91 Å². The lowest BCUT2D eigenvalue weighted by Crippen LogP contribution is -2.32. The molecule has 1 amide bonds. The molecule has 0 saturated carbocycles. The lowest BCUT2D eigenvalue weighted by Gasteiger charge is -2.14. The Balaban J connectivity index is 3.01. The molecule has 31 heavy (non-hydrogen) atoms. The second kappa shape index (κ2) is 16.1. The number of hydrogen-bond donors (Lipinski definition) is 3. The molecule has 1 rings (SSSR count). The molecule has 0 saturated heterocycles. The Morgan fingerprint density at radius 2 is 1.68 bits per heavy atom. The van der Waals surface area contributed by atoms with Crippen molar-refractivity contribution >= 4 is 5.91 Å². The summed E-state index contributed by atoms with van der Waals surface area (Å²) in [6.45, 7) is 5.96. The number of allylic oxidation sites excluding steroid dienone is 11. The molecule has 0 aromatic carbocycles. The predicted octanol–water partition coefficient (Wildman–Crippen LogP) is 5.02. The summed E-state index contributed by atoms with van der Waals surface area (Å²) in [5.41, 5.74) is 1.84. The number of carbonyl (C=O) groups excluding carboxylic acids is 1. The zero-order valence-corrected chi connectivity index (χ0v) is 18.9. The molecule has 0 aromatic heterocycles. The molecular weight excluding hydrogens is 386 g/mol. The van der Waals surface area contributed by atoms with Gasteiger partial charge in [-0.3, -0.25) is 4.79 Å². The molecule has 0 spiro atoms. The summed E-state index contributed by atoms with van der Waals surface area (Å²) in [5.74, 6) is -0.141. The standard InChI is InChI=1S/C27H37NO3/c1-4-5-6-7-17-24-18-11-8-14-22(2)15-9-12-19-25(29)26(30)21-23(3)16-10-13-20-27(31)28-24/h6-16,19-21,24-26,29-30H,4-5,17-18H2,1-3H3,(H,28,31)/b7-6+,11-8-,15-9-,16-10-,19-12-,20-13-,22-14-,23-21-. The Bertz CT molecular complexity index is 778.